The molecule has 1 aliphatic rings. The van der Waals surface area contributed by atoms with Gasteiger partial charge in [-0.05, 0) is 0 Å². The Morgan fingerprint density at radius 2 is 2.06 bits per heavy atom. The van der Waals surface area contributed by atoms with Crippen LogP contribution in [0.4, 0.5) is 0 Å². The molecule has 2 rings (SSSR count). The Morgan fingerprint density at radius 3 is 2.59 bits per heavy atom. The summed E-state index contributed by atoms with van der Waals surface area (Å²) >= 11 is 0. The predicted octanol–water partition coefficient (Wildman–Crippen LogP) is 0.177. The first-order valence-electron chi connectivity index (χ1n) is 5.66. The molecule has 2 heterocycles. The summed E-state index contributed by atoms with van der Waals surface area (Å²) in [5.41, 5.74) is 3.40. The smallest absolute Gasteiger partial charge is 0.115 e. The highest BCUT2D eigenvalue weighted by Gasteiger charge is 2.41. The van der Waals surface area contributed by atoms with Crippen molar-refractivity contribution in [1.82, 2.24) is 15.4 Å². The van der Waals surface area contributed by atoms with Crippen molar-refractivity contribution in [1.29, 1.82) is 0 Å². The number of hydrogen-bond donors (Lipinski definition) is 2. The second-order valence-electron chi connectivity index (χ2n) is 4.15. The van der Waals surface area contributed by atoms with Crippen molar-refractivity contribution in [3.63, 3.8) is 0 Å². The van der Waals surface area contributed by atoms with Gasteiger partial charge in [-0.15, -0.1) is 0 Å². The lowest BCUT2D eigenvalue weighted by Crippen LogP contribution is -2.51. The van der Waals surface area contributed by atoms with E-state index in [1.165, 1.54) is 6.33 Å². The highest BCUT2D eigenvalue weighted by molar-refractivity contribution is 5.15. The largest absolute Gasteiger partial charge is 0.381 e. The molecule has 0 saturated carbocycles. The molecule has 1 fully saturated rings. The van der Waals surface area contributed by atoms with Crippen molar-refractivity contribution < 1.29 is 9.47 Å². The van der Waals surface area contributed by atoms with Crippen LogP contribution in [0, 0.1) is 0 Å². The Bertz CT molecular complexity index is 341. The van der Waals surface area contributed by atoms with Gasteiger partial charge in [-0.2, -0.15) is 0 Å². The van der Waals surface area contributed by atoms with Crippen LogP contribution in [0.5, 0.6) is 0 Å². The van der Waals surface area contributed by atoms with Crippen LogP contribution < -0.4 is 11.3 Å². The van der Waals surface area contributed by atoms with Crippen LogP contribution >= 0.6 is 0 Å². The molecule has 0 aromatic carbocycles. The summed E-state index contributed by atoms with van der Waals surface area (Å²) in [5, 5.41) is 0. The van der Waals surface area contributed by atoms with E-state index in [0.29, 0.717) is 13.2 Å². The maximum absolute atomic E-state index is 5.71. The molecule has 6 heteroatoms. The molecule has 1 saturated heterocycles. The molecule has 0 radical (unpaired) electrons. The summed E-state index contributed by atoms with van der Waals surface area (Å²) in [7, 11) is 1.71. The lowest BCUT2D eigenvalue weighted by Gasteiger charge is -2.41. The highest BCUT2D eigenvalue weighted by Crippen LogP contribution is 2.36. The monoisotopic (exact) mass is 238 g/mol. The Hall–Kier alpha value is -1.08. The number of methoxy groups -OCH3 is 1. The Balaban J connectivity index is 2.26. The zero-order chi connectivity index (χ0) is 12.1. The van der Waals surface area contributed by atoms with Crippen LogP contribution in [0.2, 0.25) is 0 Å². The first kappa shape index (κ1) is 12.4. The van der Waals surface area contributed by atoms with E-state index in [9.17, 15) is 0 Å². The molecule has 0 bridgehead atoms. The molecule has 0 spiro atoms. The number of rotatable bonds is 4. The number of nitrogens with one attached hydrogen (secondary N) is 1. The third kappa shape index (κ3) is 2.44. The highest BCUT2D eigenvalue weighted by atomic mass is 16.5. The van der Waals surface area contributed by atoms with Crippen LogP contribution in [0.15, 0.2) is 18.7 Å². The fourth-order valence-corrected chi connectivity index (χ4v) is 2.34. The first-order valence-corrected chi connectivity index (χ1v) is 5.66. The molecule has 17 heavy (non-hydrogen) atoms. The number of hydrogen-bond acceptors (Lipinski definition) is 6. The van der Waals surface area contributed by atoms with Gasteiger partial charge in [-0.1, -0.05) is 0 Å². The van der Waals surface area contributed by atoms with Crippen molar-refractivity contribution in [3.05, 3.63) is 24.3 Å². The summed E-state index contributed by atoms with van der Waals surface area (Å²) in [6.07, 6.45) is 6.61. The number of ether oxygens (including phenoxy) is 2. The standard InChI is InChI=1S/C11H18N4O2/c1-16-11(2-4-17-5-3-11)10(15-12)9-6-13-8-14-7-9/h6-8,10,15H,2-5,12H2,1H3. The van der Waals surface area contributed by atoms with Crippen LogP contribution in [-0.2, 0) is 9.47 Å². The van der Waals surface area contributed by atoms with Gasteiger partial charge in [0.25, 0.3) is 0 Å². The fraction of sp³-hybridized carbons (Fsp3) is 0.636. The lowest BCUT2D eigenvalue weighted by molar-refractivity contribution is -0.111. The van der Waals surface area contributed by atoms with E-state index in [1.54, 1.807) is 19.5 Å². The molecule has 1 aliphatic heterocycles. The average molecular weight is 238 g/mol. The summed E-state index contributed by atoms with van der Waals surface area (Å²) in [6, 6.07) is -0.127. The van der Waals surface area contributed by atoms with Gasteiger partial charge < -0.3 is 9.47 Å². The molecule has 0 amide bonds. The summed E-state index contributed by atoms with van der Waals surface area (Å²) in [5.74, 6) is 5.67. The van der Waals surface area contributed by atoms with Crippen molar-refractivity contribution in [3.8, 4) is 0 Å². The molecule has 0 aliphatic carbocycles. The Kier molecular flexibility index (Phi) is 4.01. The van der Waals surface area contributed by atoms with Gasteiger partial charge >= 0.3 is 0 Å². The van der Waals surface area contributed by atoms with E-state index in [1.807, 2.05) is 0 Å². The molecular weight excluding hydrogens is 220 g/mol. The van der Waals surface area contributed by atoms with Gasteiger partial charge in [0, 0.05) is 51.1 Å². The molecule has 1 unspecified atom stereocenters. The van der Waals surface area contributed by atoms with E-state index in [0.717, 1.165) is 18.4 Å². The zero-order valence-corrected chi connectivity index (χ0v) is 9.93. The first-order chi connectivity index (χ1) is 8.32. The maximum atomic E-state index is 5.71. The fourth-order valence-electron chi connectivity index (χ4n) is 2.34. The van der Waals surface area contributed by atoms with Crippen molar-refractivity contribution in [2.24, 2.45) is 5.84 Å². The van der Waals surface area contributed by atoms with Crippen molar-refractivity contribution >= 4 is 0 Å². The predicted molar refractivity (Wildman–Crippen MR) is 61.9 cm³/mol. The summed E-state index contributed by atoms with van der Waals surface area (Å²) < 4.78 is 11.1. The summed E-state index contributed by atoms with van der Waals surface area (Å²) in [4.78, 5) is 8.04. The van der Waals surface area contributed by atoms with Crippen LogP contribution in [0.25, 0.3) is 0 Å². The van der Waals surface area contributed by atoms with Gasteiger partial charge in [-0.25, -0.2) is 15.4 Å². The second-order valence-corrected chi connectivity index (χ2v) is 4.15. The van der Waals surface area contributed by atoms with Crippen LogP contribution in [-0.4, -0.2) is 35.9 Å². The minimum absolute atomic E-state index is 0.127. The molecule has 1 atom stereocenters. The maximum Gasteiger partial charge on any atom is 0.115 e. The number of nitrogens with two attached hydrogens (primary N) is 1. The number of hydrazine groups is 1. The Labute approximate surface area is 101 Å². The lowest BCUT2D eigenvalue weighted by atomic mass is 9.83. The minimum Gasteiger partial charge on any atom is -0.381 e. The van der Waals surface area contributed by atoms with E-state index < -0.39 is 0 Å². The quantitative estimate of drug-likeness (QED) is 0.575. The van der Waals surface area contributed by atoms with Crippen molar-refractivity contribution in [2.45, 2.75) is 24.5 Å². The molecule has 94 valence electrons. The Morgan fingerprint density at radius 1 is 1.41 bits per heavy atom. The summed E-state index contributed by atoms with van der Waals surface area (Å²) in [6.45, 7) is 1.36. The molecule has 1 aromatic rings. The van der Waals surface area contributed by atoms with Gasteiger partial charge in [0.05, 0.1) is 11.6 Å². The molecule has 6 nitrogen and oxygen atoms in total. The second kappa shape index (κ2) is 5.50. The third-order valence-electron chi connectivity index (χ3n) is 3.35. The van der Waals surface area contributed by atoms with E-state index >= 15 is 0 Å². The van der Waals surface area contributed by atoms with Crippen molar-refractivity contribution in [2.75, 3.05) is 20.3 Å². The average Bonchev–Trinajstić information content (AvgIpc) is 2.42. The van der Waals surface area contributed by atoms with Gasteiger partial charge in [0.1, 0.15) is 6.33 Å². The van der Waals surface area contributed by atoms with Crippen LogP contribution in [0.3, 0.4) is 0 Å². The van der Waals surface area contributed by atoms with Gasteiger partial charge in [0.2, 0.25) is 0 Å². The van der Waals surface area contributed by atoms with Crippen LogP contribution in [0.1, 0.15) is 24.4 Å². The normalized spacial score (nSPS) is 21.1. The van der Waals surface area contributed by atoms with Gasteiger partial charge in [0.15, 0.2) is 0 Å². The zero-order valence-electron chi connectivity index (χ0n) is 9.93. The number of nitrogens with zero attached hydrogens (tertiary/aromatic N) is 2. The minimum atomic E-state index is -0.349. The SMILES string of the molecule is COC1(C(NN)c2cncnc2)CCOCC1. The van der Waals surface area contributed by atoms with E-state index in [2.05, 4.69) is 15.4 Å². The number of aromatic nitrogens is 2. The van der Waals surface area contributed by atoms with E-state index in [4.69, 9.17) is 15.3 Å². The van der Waals surface area contributed by atoms with Gasteiger partial charge in [-0.3, -0.25) is 5.84 Å². The topological polar surface area (TPSA) is 82.3 Å². The third-order valence-corrected chi connectivity index (χ3v) is 3.35. The molecule has 3 N–H and O–H groups in total. The van der Waals surface area contributed by atoms with E-state index in [-0.39, 0.29) is 11.6 Å². The molecule has 1 aromatic heterocycles. The molecular formula is C11H18N4O2.